The topological polar surface area (TPSA) is 28.7 Å². The fraction of sp³-hybridized carbons (Fsp3) is 0. The van der Waals surface area contributed by atoms with Gasteiger partial charge < -0.3 is 4.98 Å². The highest BCUT2D eigenvalue weighted by atomic mass is 32.1. The highest BCUT2D eigenvalue weighted by molar-refractivity contribution is 7.71. The Labute approximate surface area is 104 Å². The summed E-state index contributed by atoms with van der Waals surface area (Å²) in [5.74, 6) is 0. The van der Waals surface area contributed by atoms with E-state index in [2.05, 4.69) is 34.2 Å². The second-order valence-corrected chi connectivity index (χ2v) is 4.28. The molecule has 0 fully saturated rings. The van der Waals surface area contributed by atoms with Gasteiger partial charge in [0.25, 0.3) is 0 Å². The maximum atomic E-state index is 5.10. The van der Waals surface area contributed by atoms with Crippen LogP contribution in [0.2, 0.25) is 0 Å². The summed E-state index contributed by atoms with van der Waals surface area (Å²) >= 11 is 5.10. The molecule has 0 aliphatic rings. The number of hydrogen-bond acceptors (Lipinski definition) is 2. The van der Waals surface area contributed by atoms with Crippen molar-refractivity contribution in [2.75, 3.05) is 0 Å². The van der Waals surface area contributed by atoms with Crippen LogP contribution in [0.5, 0.6) is 0 Å². The lowest BCUT2D eigenvalue weighted by atomic mass is 10.0. The molecule has 0 aliphatic heterocycles. The molecule has 82 valence electrons. The smallest absolute Gasteiger partial charge is 0.122 e. The van der Waals surface area contributed by atoms with Gasteiger partial charge in [-0.2, -0.15) is 0 Å². The first-order valence-corrected chi connectivity index (χ1v) is 5.78. The van der Waals surface area contributed by atoms with E-state index in [1.165, 1.54) is 10.8 Å². The van der Waals surface area contributed by atoms with Gasteiger partial charge in [0.1, 0.15) is 4.64 Å². The van der Waals surface area contributed by atoms with Gasteiger partial charge in [0.2, 0.25) is 0 Å². The van der Waals surface area contributed by atoms with E-state index in [1.54, 1.807) is 12.4 Å². The van der Waals surface area contributed by atoms with Gasteiger partial charge in [-0.05, 0) is 10.8 Å². The van der Waals surface area contributed by atoms with Gasteiger partial charge in [0, 0.05) is 5.56 Å². The molecule has 0 aliphatic carbocycles. The summed E-state index contributed by atoms with van der Waals surface area (Å²) in [4.78, 5) is 7.30. The van der Waals surface area contributed by atoms with E-state index in [1.807, 2.05) is 18.2 Å². The molecule has 3 aromatic rings. The average molecular weight is 238 g/mol. The van der Waals surface area contributed by atoms with Crippen molar-refractivity contribution in [3.8, 4) is 11.3 Å². The lowest BCUT2D eigenvalue weighted by Gasteiger charge is -2.05. The van der Waals surface area contributed by atoms with Crippen LogP contribution in [0.4, 0.5) is 0 Å². The number of aromatic nitrogens is 2. The zero-order chi connectivity index (χ0) is 11.7. The Morgan fingerprint density at radius 1 is 0.941 bits per heavy atom. The molecule has 3 rings (SSSR count). The van der Waals surface area contributed by atoms with Crippen LogP contribution in [-0.2, 0) is 0 Å². The van der Waals surface area contributed by atoms with Crippen LogP contribution in [-0.4, -0.2) is 9.97 Å². The average Bonchev–Trinajstić information content (AvgIpc) is 2.38. The largest absolute Gasteiger partial charge is 0.344 e. The quantitative estimate of drug-likeness (QED) is 0.650. The summed E-state index contributed by atoms with van der Waals surface area (Å²) in [5, 5.41) is 2.42. The Balaban J connectivity index is 2.34. The van der Waals surface area contributed by atoms with Crippen LogP contribution in [0.3, 0.4) is 0 Å². The number of H-pyrrole nitrogens is 1. The highest BCUT2D eigenvalue weighted by Gasteiger charge is 2.03. The molecule has 0 saturated heterocycles. The Kier molecular flexibility index (Phi) is 2.46. The van der Waals surface area contributed by atoms with Crippen molar-refractivity contribution in [2.45, 2.75) is 0 Å². The number of fused-ring (bicyclic) bond motifs is 1. The van der Waals surface area contributed by atoms with Crippen molar-refractivity contribution in [3.05, 3.63) is 59.5 Å². The summed E-state index contributed by atoms with van der Waals surface area (Å²) in [7, 11) is 0. The van der Waals surface area contributed by atoms with Gasteiger partial charge >= 0.3 is 0 Å². The summed E-state index contributed by atoms with van der Waals surface area (Å²) in [6.07, 6.45) is 3.45. The number of nitrogens with zero attached hydrogens (tertiary/aromatic N) is 1. The normalized spacial score (nSPS) is 10.6. The van der Waals surface area contributed by atoms with Crippen molar-refractivity contribution in [3.63, 3.8) is 0 Å². The fourth-order valence-corrected chi connectivity index (χ4v) is 2.14. The monoisotopic (exact) mass is 238 g/mol. The lowest BCUT2D eigenvalue weighted by Crippen LogP contribution is -1.87. The first-order valence-electron chi connectivity index (χ1n) is 5.37. The number of aromatic amines is 1. The van der Waals surface area contributed by atoms with Gasteiger partial charge in [-0.25, -0.2) is 0 Å². The SMILES string of the molecule is S=c1cncc(-c2cccc3ccccc23)[nH]1. The van der Waals surface area contributed by atoms with Crippen molar-refractivity contribution in [1.29, 1.82) is 0 Å². The first kappa shape index (κ1) is 10.2. The maximum Gasteiger partial charge on any atom is 0.122 e. The molecule has 0 unspecified atom stereocenters. The molecular weight excluding hydrogens is 228 g/mol. The standard InChI is InChI=1S/C14H10N2S/c17-14-9-15-8-13(16-14)12-7-3-5-10-4-1-2-6-11(10)12/h1-9H,(H,16,17). The predicted molar refractivity (Wildman–Crippen MR) is 72.4 cm³/mol. The highest BCUT2D eigenvalue weighted by Crippen LogP contribution is 2.26. The van der Waals surface area contributed by atoms with E-state index in [4.69, 9.17) is 12.2 Å². The third kappa shape index (κ3) is 1.85. The fourth-order valence-electron chi connectivity index (χ4n) is 1.97. The van der Waals surface area contributed by atoms with Crippen molar-refractivity contribution >= 4 is 23.0 Å². The van der Waals surface area contributed by atoms with Crippen molar-refractivity contribution < 1.29 is 0 Å². The molecular formula is C14H10N2S. The molecule has 1 aromatic heterocycles. The molecule has 1 N–H and O–H groups in total. The Bertz CT molecular complexity index is 726. The molecule has 2 nitrogen and oxygen atoms in total. The summed E-state index contributed by atoms with van der Waals surface area (Å²) in [5.41, 5.74) is 2.08. The zero-order valence-corrected chi connectivity index (χ0v) is 9.87. The van der Waals surface area contributed by atoms with Crippen molar-refractivity contribution in [2.24, 2.45) is 0 Å². The van der Waals surface area contributed by atoms with Crippen LogP contribution in [0, 0.1) is 4.64 Å². The second-order valence-electron chi connectivity index (χ2n) is 3.84. The Morgan fingerprint density at radius 2 is 1.76 bits per heavy atom. The summed E-state index contributed by atoms with van der Waals surface area (Å²) in [6.45, 7) is 0. The van der Waals surface area contributed by atoms with Crippen LogP contribution >= 0.6 is 12.2 Å². The van der Waals surface area contributed by atoms with Crippen LogP contribution in [0.15, 0.2) is 54.9 Å². The van der Waals surface area contributed by atoms with Gasteiger partial charge in [-0.3, -0.25) is 4.98 Å². The molecule has 3 heteroatoms. The van der Waals surface area contributed by atoms with Gasteiger partial charge in [0.05, 0.1) is 18.1 Å². The molecule has 0 atom stereocenters. The van der Waals surface area contributed by atoms with E-state index in [0.29, 0.717) is 4.64 Å². The summed E-state index contributed by atoms with van der Waals surface area (Å²) in [6, 6.07) is 14.5. The van der Waals surface area contributed by atoms with Crippen LogP contribution < -0.4 is 0 Å². The van der Waals surface area contributed by atoms with Gasteiger partial charge in [-0.1, -0.05) is 54.7 Å². The Morgan fingerprint density at radius 3 is 2.65 bits per heavy atom. The third-order valence-electron chi connectivity index (χ3n) is 2.73. The number of rotatable bonds is 1. The molecule has 0 bridgehead atoms. The minimum Gasteiger partial charge on any atom is -0.344 e. The summed E-state index contributed by atoms with van der Waals surface area (Å²) < 4.78 is 0.649. The van der Waals surface area contributed by atoms with Crippen molar-refractivity contribution in [1.82, 2.24) is 9.97 Å². The maximum absolute atomic E-state index is 5.10. The van der Waals surface area contributed by atoms with Crippen LogP contribution in [0.1, 0.15) is 0 Å². The molecule has 0 amide bonds. The number of nitrogens with one attached hydrogen (secondary N) is 1. The van der Waals surface area contributed by atoms with E-state index in [9.17, 15) is 0 Å². The minimum atomic E-state index is 0.649. The van der Waals surface area contributed by atoms with Crippen LogP contribution in [0.25, 0.3) is 22.0 Å². The zero-order valence-electron chi connectivity index (χ0n) is 9.05. The molecule has 0 saturated carbocycles. The van der Waals surface area contributed by atoms with E-state index in [-0.39, 0.29) is 0 Å². The van der Waals surface area contributed by atoms with E-state index >= 15 is 0 Å². The molecule has 17 heavy (non-hydrogen) atoms. The molecule has 0 spiro atoms. The van der Waals surface area contributed by atoms with Gasteiger partial charge in [0.15, 0.2) is 0 Å². The second kappa shape index (κ2) is 4.11. The van der Waals surface area contributed by atoms with Gasteiger partial charge in [-0.15, -0.1) is 0 Å². The van der Waals surface area contributed by atoms with E-state index < -0.39 is 0 Å². The van der Waals surface area contributed by atoms with E-state index in [0.717, 1.165) is 11.3 Å². The molecule has 0 radical (unpaired) electrons. The number of hydrogen-bond donors (Lipinski definition) is 1. The minimum absolute atomic E-state index is 0.649. The first-order chi connectivity index (χ1) is 8.34. The predicted octanol–water partition coefficient (Wildman–Crippen LogP) is 3.96. The Hall–Kier alpha value is -2.00. The third-order valence-corrected chi connectivity index (χ3v) is 2.94. The molecule has 1 heterocycles. The number of benzene rings is 2. The molecule has 2 aromatic carbocycles. The lowest BCUT2D eigenvalue weighted by molar-refractivity contribution is 1.19.